The molecule has 6 heteroatoms. The van der Waals surface area contributed by atoms with Gasteiger partial charge in [-0.05, 0) is 25.8 Å². The fourth-order valence-corrected chi connectivity index (χ4v) is 3.13. The summed E-state index contributed by atoms with van der Waals surface area (Å²) in [4.78, 5) is 18.9. The minimum Gasteiger partial charge on any atom is -0.395 e. The van der Waals surface area contributed by atoms with E-state index in [1.165, 1.54) is 0 Å². The van der Waals surface area contributed by atoms with Crippen molar-refractivity contribution < 1.29 is 9.90 Å². The van der Waals surface area contributed by atoms with E-state index in [4.69, 9.17) is 5.11 Å². The molecule has 112 valence electrons. The number of aliphatic hydroxyl groups excluding tert-OH is 1. The van der Waals surface area contributed by atoms with Crippen LogP contribution < -0.4 is 0 Å². The lowest BCUT2D eigenvalue weighted by atomic mass is 10.2. The van der Waals surface area contributed by atoms with Gasteiger partial charge in [-0.3, -0.25) is 4.79 Å². The van der Waals surface area contributed by atoms with E-state index in [0.717, 1.165) is 29.1 Å². The summed E-state index contributed by atoms with van der Waals surface area (Å²) in [6.07, 6.45) is 4.01. The first-order chi connectivity index (χ1) is 10.1. The second-order valence-electron chi connectivity index (χ2n) is 5.43. The van der Waals surface area contributed by atoms with Gasteiger partial charge in [0, 0.05) is 36.8 Å². The van der Waals surface area contributed by atoms with Crippen molar-refractivity contribution in [2.75, 3.05) is 13.2 Å². The highest BCUT2D eigenvalue weighted by molar-refractivity contribution is 7.09. The predicted octanol–water partition coefficient (Wildman–Crippen LogP) is 2.05. The summed E-state index contributed by atoms with van der Waals surface area (Å²) in [6, 6.07) is 2.19. The number of aliphatic hydroxyl groups is 1. The van der Waals surface area contributed by atoms with Crippen LogP contribution in [0.2, 0.25) is 0 Å². The Morgan fingerprint density at radius 1 is 1.57 bits per heavy atom. The van der Waals surface area contributed by atoms with E-state index >= 15 is 0 Å². The molecule has 2 aromatic heterocycles. The molecule has 0 spiro atoms. The normalized spacial score (nSPS) is 14.4. The van der Waals surface area contributed by atoms with E-state index in [2.05, 4.69) is 4.98 Å². The number of amides is 1. The molecule has 2 heterocycles. The third kappa shape index (κ3) is 2.87. The number of carbonyl (C=O) groups is 1. The molecule has 0 radical (unpaired) electrons. The maximum absolute atomic E-state index is 12.7. The van der Waals surface area contributed by atoms with Gasteiger partial charge in [-0.2, -0.15) is 0 Å². The number of rotatable bonds is 5. The average molecular weight is 305 g/mol. The zero-order chi connectivity index (χ0) is 15.0. The Labute approximate surface area is 127 Å². The minimum atomic E-state index is -0.00717. The zero-order valence-corrected chi connectivity index (χ0v) is 13.1. The van der Waals surface area contributed by atoms with Crippen LogP contribution in [0.15, 0.2) is 17.6 Å². The summed E-state index contributed by atoms with van der Waals surface area (Å²) in [7, 11) is 1.87. The van der Waals surface area contributed by atoms with Gasteiger partial charge < -0.3 is 14.6 Å². The summed E-state index contributed by atoms with van der Waals surface area (Å²) in [5.74, 6) is -0.00717. The molecule has 1 N–H and O–H groups in total. The Kier molecular flexibility index (Phi) is 3.82. The van der Waals surface area contributed by atoms with Crippen molar-refractivity contribution in [3.63, 3.8) is 0 Å². The van der Waals surface area contributed by atoms with Crippen molar-refractivity contribution in [2.45, 2.75) is 25.8 Å². The third-order valence-electron chi connectivity index (χ3n) is 3.73. The van der Waals surface area contributed by atoms with E-state index in [0.29, 0.717) is 18.3 Å². The van der Waals surface area contributed by atoms with E-state index in [-0.39, 0.29) is 12.5 Å². The van der Waals surface area contributed by atoms with Crippen molar-refractivity contribution >= 4 is 17.2 Å². The Hall–Kier alpha value is -1.66. The number of carbonyl (C=O) groups excluding carboxylic acids is 1. The van der Waals surface area contributed by atoms with Gasteiger partial charge in [-0.25, -0.2) is 4.98 Å². The van der Waals surface area contributed by atoms with E-state index in [9.17, 15) is 4.79 Å². The second-order valence-corrected chi connectivity index (χ2v) is 6.49. The first-order valence-electron chi connectivity index (χ1n) is 7.11. The van der Waals surface area contributed by atoms with Crippen LogP contribution in [0.5, 0.6) is 0 Å². The maximum Gasteiger partial charge on any atom is 0.270 e. The number of nitrogens with zero attached hydrogens (tertiary/aromatic N) is 3. The van der Waals surface area contributed by atoms with Crippen LogP contribution in [0, 0.1) is 6.92 Å². The Bertz CT molecular complexity index is 658. The van der Waals surface area contributed by atoms with Gasteiger partial charge in [0.2, 0.25) is 0 Å². The van der Waals surface area contributed by atoms with Gasteiger partial charge in [-0.15, -0.1) is 11.3 Å². The van der Waals surface area contributed by atoms with Crippen molar-refractivity contribution in [1.29, 1.82) is 0 Å². The lowest BCUT2D eigenvalue weighted by Crippen LogP contribution is -2.36. The Balaban J connectivity index is 1.88. The Morgan fingerprint density at radius 3 is 2.90 bits per heavy atom. The number of hydrogen-bond acceptors (Lipinski definition) is 4. The molecule has 1 aliphatic carbocycles. The topological polar surface area (TPSA) is 58.4 Å². The molecular formula is C15H19N3O2S. The van der Waals surface area contributed by atoms with Crippen LogP contribution in [0.3, 0.4) is 0 Å². The zero-order valence-electron chi connectivity index (χ0n) is 12.2. The highest BCUT2D eigenvalue weighted by Crippen LogP contribution is 2.29. The third-order valence-corrected chi connectivity index (χ3v) is 4.50. The van der Waals surface area contributed by atoms with E-state index < -0.39 is 0 Å². The fraction of sp³-hybridized carbons (Fsp3) is 0.467. The first-order valence-corrected chi connectivity index (χ1v) is 7.99. The highest BCUT2D eigenvalue weighted by Gasteiger charge is 2.33. The molecule has 21 heavy (non-hydrogen) atoms. The van der Waals surface area contributed by atoms with Crippen LogP contribution in [0.4, 0.5) is 0 Å². The SMILES string of the molecule is Cc1nc(-c2cc(C(=O)N(CCO)C3CC3)n(C)c2)cs1. The van der Waals surface area contributed by atoms with Crippen molar-refractivity contribution in [3.8, 4) is 11.3 Å². The highest BCUT2D eigenvalue weighted by atomic mass is 32.1. The number of hydrogen-bond donors (Lipinski definition) is 1. The van der Waals surface area contributed by atoms with E-state index in [1.54, 1.807) is 16.2 Å². The van der Waals surface area contributed by atoms with E-state index in [1.807, 2.05) is 36.2 Å². The molecule has 0 unspecified atom stereocenters. The molecule has 0 saturated heterocycles. The number of thiazole rings is 1. The lowest BCUT2D eigenvalue weighted by molar-refractivity contribution is 0.0698. The van der Waals surface area contributed by atoms with Crippen LogP contribution in [0.25, 0.3) is 11.3 Å². The average Bonchev–Trinajstić information content (AvgIpc) is 3.09. The monoisotopic (exact) mass is 305 g/mol. The number of aryl methyl sites for hydroxylation is 2. The predicted molar refractivity (Wildman–Crippen MR) is 82.4 cm³/mol. The maximum atomic E-state index is 12.7. The molecular weight excluding hydrogens is 286 g/mol. The molecule has 1 saturated carbocycles. The van der Waals surface area contributed by atoms with Gasteiger partial charge in [0.1, 0.15) is 5.69 Å². The first kappa shape index (κ1) is 14.3. The van der Waals surface area contributed by atoms with Crippen LogP contribution in [0.1, 0.15) is 28.3 Å². The van der Waals surface area contributed by atoms with Crippen LogP contribution >= 0.6 is 11.3 Å². The standard InChI is InChI=1S/C15H19N3O2S/c1-10-16-13(9-21-10)11-7-14(17(2)8-11)15(20)18(5-6-19)12-3-4-12/h7-9,12,19H,3-6H2,1-2H3. The minimum absolute atomic E-state index is 0.00476. The van der Waals surface area contributed by atoms with Gasteiger partial charge >= 0.3 is 0 Å². The summed E-state index contributed by atoms with van der Waals surface area (Å²) in [5, 5.41) is 12.2. The second kappa shape index (κ2) is 5.61. The molecule has 1 fully saturated rings. The van der Waals surface area contributed by atoms with Crippen LogP contribution in [-0.4, -0.2) is 44.7 Å². The summed E-state index contributed by atoms with van der Waals surface area (Å²) >= 11 is 1.60. The largest absolute Gasteiger partial charge is 0.395 e. The fourth-order valence-electron chi connectivity index (χ4n) is 2.50. The van der Waals surface area contributed by atoms with Gasteiger partial charge in [0.05, 0.1) is 17.3 Å². The van der Waals surface area contributed by atoms with Gasteiger partial charge in [-0.1, -0.05) is 0 Å². The smallest absolute Gasteiger partial charge is 0.270 e. The molecule has 1 amide bonds. The van der Waals surface area contributed by atoms with Gasteiger partial charge in [0.15, 0.2) is 0 Å². The lowest BCUT2D eigenvalue weighted by Gasteiger charge is -2.21. The number of aromatic nitrogens is 2. The molecule has 5 nitrogen and oxygen atoms in total. The summed E-state index contributed by atoms with van der Waals surface area (Å²) in [6.45, 7) is 2.38. The Morgan fingerprint density at radius 2 is 2.33 bits per heavy atom. The molecule has 0 atom stereocenters. The quantitative estimate of drug-likeness (QED) is 0.920. The molecule has 0 aromatic carbocycles. The summed E-state index contributed by atoms with van der Waals surface area (Å²) in [5.41, 5.74) is 2.52. The molecule has 0 bridgehead atoms. The van der Waals surface area contributed by atoms with Crippen molar-refractivity contribution in [3.05, 3.63) is 28.3 Å². The molecule has 0 aliphatic heterocycles. The van der Waals surface area contributed by atoms with Crippen molar-refractivity contribution in [2.24, 2.45) is 7.05 Å². The van der Waals surface area contributed by atoms with Gasteiger partial charge in [0.25, 0.3) is 5.91 Å². The summed E-state index contributed by atoms with van der Waals surface area (Å²) < 4.78 is 1.85. The van der Waals surface area contributed by atoms with Crippen molar-refractivity contribution in [1.82, 2.24) is 14.5 Å². The molecule has 2 aromatic rings. The van der Waals surface area contributed by atoms with Crippen LogP contribution in [-0.2, 0) is 7.05 Å². The molecule has 3 rings (SSSR count). The molecule has 1 aliphatic rings.